The summed E-state index contributed by atoms with van der Waals surface area (Å²) < 4.78 is 0. The molecule has 0 aromatic heterocycles. The van der Waals surface area contributed by atoms with E-state index in [9.17, 15) is 4.79 Å². The van der Waals surface area contributed by atoms with Crippen molar-refractivity contribution < 1.29 is 4.79 Å². The summed E-state index contributed by atoms with van der Waals surface area (Å²) in [5.41, 5.74) is -0.104. The monoisotopic (exact) mass is 269 g/mol. The van der Waals surface area contributed by atoms with Gasteiger partial charge in [-0.2, -0.15) is 0 Å². The summed E-state index contributed by atoms with van der Waals surface area (Å²) in [6.45, 7) is 2.28. The van der Waals surface area contributed by atoms with Crippen molar-refractivity contribution >= 4 is 17.5 Å². The van der Waals surface area contributed by atoms with Crippen molar-refractivity contribution in [2.24, 2.45) is 23.7 Å². The lowest BCUT2D eigenvalue weighted by atomic mass is 9.77. The summed E-state index contributed by atoms with van der Waals surface area (Å²) >= 11 is 6.18. The van der Waals surface area contributed by atoms with Crippen molar-refractivity contribution in [2.75, 3.05) is 5.88 Å². The summed E-state index contributed by atoms with van der Waals surface area (Å²) in [6.07, 6.45) is 8.48. The molecule has 102 valence electrons. The number of nitrogens with one attached hydrogen (secondary N) is 1. The second kappa shape index (κ2) is 4.70. The molecule has 18 heavy (non-hydrogen) atoms. The standard InChI is InChI=1S/C15H24ClNO/c1-10-4-3-7-15(8-10,9-16)17-14(18)13-11-5-2-6-12(11)13/h10-13H,2-9H2,1H3,(H,17,18). The Bertz CT molecular complexity index is 335. The number of hydrogen-bond donors (Lipinski definition) is 1. The fraction of sp³-hybridized carbons (Fsp3) is 0.933. The molecule has 3 fully saturated rings. The molecule has 4 unspecified atom stereocenters. The van der Waals surface area contributed by atoms with E-state index < -0.39 is 0 Å². The van der Waals surface area contributed by atoms with Crippen LogP contribution in [0.5, 0.6) is 0 Å². The zero-order valence-corrected chi connectivity index (χ0v) is 12.0. The van der Waals surface area contributed by atoms with E-state index in [1.807, 2.05) is 0 Å². The molecule has 2 nitrogen and oxygen atoms in total. The van der Waals surface area contributed by atoms with Gasteiger partial charge in [0.05, 0.1) is 5.54 Å². The van der Waals surface area contributed by atoms with Crippen LogP contribution >= 0.6 is 11.6 Å². The average Bonchev–Trinajstić information content (AvgIpc) is 2.84. The smallest absolute Gasteiger partial charge is 0.224 e. The van der Waals surface area contributed by atoms with Crippen LogP contribution in [0, 0.1) is 23.7 Å². The maximum absolute atomic E-state index is 12.4. The Hall–Kier alpha value is -0.240. The van der Waals surface area contributed by atoms with Crippen LogP contribution < -0.4 is 5.32 Å². The Labute approximate surface area is 115 Å². The first-order valence-corrected chi connectivity index (χ1v) is 8.07. The SMILES string of the molecule is CC1CCCC(CCl)(NC(=O)C2C3CCCC32)C1. The number of halogens is 1. The molecule has 0 radical (unpaired) electrons. The van der Waals surface area contributed by atoms with Crippen molar-refractivity contribution in [3.63, 3.8) is 0 Å². The van der Waals surface area contributed by atoms with Gasteiger partial charge in [-0.15, -0.1) is 11.6 Å². The second-order valence-corrected chi connectivity index (χ2v) is 7.16. The second-order valence-electron chi connectivity index (χ2n) is 6.89. The lowest BCUT2D eigenvalue weighted by Crippen LogP contribution is -2.53. The molecule has 0 aliphatic heterocycles. The lowest BCUT2D eigenvalue weighted by Gasteiger charge is -2.39. The highest BCUT2D eigenvalue weighted by Gasteiger charge is 2.57. The van der Waals surface area contributed by atoms with E-state index in [0.717, 1.165) is 12.8 Å². The van der Waals surface area contributed by atoms with Crippen molar-refractivity contribution in [3.05, 3.63) is 0 Å². The summed E-state index contributed by atoms with van der Waals surface area (Å²) in [7, 11) is 0. The summed E-state index contributed by atoms with van der Waals surface area (Å²) in [5, 5.41) is 3.33. The van der Waals surface area contributed by atoms with Gasteiger partial charge in [0.2, 0.25) is 5.91 Å². The number of rotatable bonds is 3. The zero-order chi connectivity index (χ0) is 12.8. The van der Waals surface area contributed by atoms with Gasteiger partial charge in [0, 0.05) is 11.8 Å². The minimum Gasteiger partial charge on any atom is -0.349 e. The van der Waals surface area contributed by atoms with Crippen LogP contribution in [0.25, 0.3) is 0 Å². The van der Waals surface area contributed by atoms with E-state index in [0.29, 0.717) is 35.5 Å². The van der Waals surface area contributed by atoms with E-state index in [4.69, 9.17) is 11.6 Å². The van der Waals surface area contributed by atoms with E-state index in [-0.39, 0.29) is 5.54 Å². The number of carbonyl (C=O) groups excluding carboxylic acids is 1. The van der Waals surface area contributed by atoms with Crippen LogP contribution in [0.3, 0.4) is 0 Å². The molecule has 0 aromatic rings. The van der Waals surface area contributed by atoms with Crippen molar-refractivity contribution in [2.45, 2.75) is 57.4 Å². The predicted octanol–water partition coefficient (Wildman–Crippen LogP) is 3.34. The summed E-state index contributed by atoms with van der Waals surface area (Å²) in [4.78, 5) is 12.4. The third-order valence-corrected chi connectivity index (χ3v) is 5.96. The van der Waals surface area contributed by atoms with E-state index in [1.165, 1.54) is 32.1 Å². The number of carbonyl (C=O) groups is 1. The number of fused-ring (bicyclic) bond motifs is 1. The van der Waals surface area contributed by atoms with Gasteiger partial charge < -0.3 is 5.32 Å². The molecule has 3 rings (SSSR count). The maximum atomic E-state index is 12.4. The van der Waals surface area contributed by atoms with Crippen molar-refractivity contribution in [1.29, 1.82) is 0 Å². The van der Waals surface area contributed by atoms with E-state index >= 15 is 0 Å². The molecule has 1 N–H and O–H groups in total. The predicted molar refractivity (Wildman–Crippen MR) is 73.5 cm³/mol. The largest absolute Gasteiger partial charge is 0.349 e. The Kier molecular flexibility index (Phi) is 3.34. The van der Waals surface area contributed by atoms with Crippen molar-refractivity contribution in [1.82, 2.24) is 5.32 Å². The Morgan fingerprint density at radius 1 is 1.28 bits per heavy atom. The van der Waals surface area contributed by atoms with Gasteiger partial charge in [0.15, 0.2) is 0 Å². The normalized spacial score (nSPS) is 46.6. The third-order valence-electron chi connectivity index (χ3n) is 5.44. The molecule has 4 atom stereocenters. The van der Waals surface area contributed by atoms with Gasteiger partial charge in [0.25, 0.3) is 0 Å². The molecule has 0 aromatic carbocycles. The van der Waals surface area contributed by atoms with Crippen LogP contribution in [-0.2, 0) is 4.79 Å². The van der Waals surface area contributed by atoms with Crippen LogP contribution in [-0.4, -0.2) is 17.3 Å². The molecular formula is C15H24ClNO. The van der Waals surface area contributed by atoms with Gasteiger partial charge in [-0.25, -0.2) is 0 Å². The topological polar surface area (TPSA) is 29.1 Å². The summed E-state index contributed by atoms with van der Waals surface area (Å²) in [5.74, 6) is 3.31. The fourth-order valence-electron chi connectivity index (χ4n) is 4.48. The molecule has 0 heterocycles. The molecule has 3 aliphatic rings. The Morgan fingerprint density at radius 3 is 2.61 bits per heavy atom. The molecule has 0 saturated heterocycles. The van der Waals surface area contributed by atoms with Crippen LogP contribution in [0.15, 0.2) is 0 Å². The highest BCUT2D eigenvalue weighted by molar-refractivity contribution is 6.18. The number of amides is 1. The molecule has 1 amide bonds. The minimum atomic E-state index is -0.104. The van der Waals surface area contributed by atoms with Gasteiger partial charge in [-0.3, -0.25) is 4.79 Å². The highest BCUT2D eigenvalue weighted by Crippen LogP contribution is 2.57. The fourth-order valence-corrected chi connectivity index (χ4v) is 4.79. The Balaban J connectivity index is 1.61. The third kappa shape index (κ3) is 2.17. The van der Waals surface area contributed by atoms with E-state index in [2.05, 4.69) is 12.2 Å². The highest BCUT2D eigenvalue weighted by atomic mass is 35.5. The molecule has 0 spiro atoms. The van der Waals surface area contributed by atoms with E-state index in [1.54, 1.807) is 0 Å². The molecule has 3 saturated carbocycles. The maximum Gasteiger partial charge on any atom is 0.224 e. The van der Waals surface area contributed by atoms with Crippen LogP contribution in [0.2, 0.25) is 0 Å². The van der Waals surface area contributed by atoms with Crippen LogP contribution in [0.1, 0.15) is 51.9 Å². The lowest BCUT2D eigenvalue weighted by molar-refractivity contribution is -0.125. The molecule has 0 bridgehead atoms. The van der Waals surface area contributed by atoms with Gasteiger partial charge in [0.1, 0.15) is 0 Å². The molecule has 3 heteroatoms. The van der Waals surface area contributed by atoms with Crippen LogP contribution in [0.4, 0.5) is 0 Å². The molecular weight excluding hydrogens is 246 g/mol. The Morgan fingerprint density at radius 2 is 2.00 bits per heavy atom. The quantitative estimate of drug-likeness (QED) is 0.783. The minimum absolute atomic E-state index is 0.104. The van der Waals surface area contributed by atoms with Gasteiger partial charge >= 0.3 is 0 Å². The molecule has 3 aliphatic carbocycles. The number of alkyl halides is 1. The first-order valence-electron chi connectivity index (χ1n) is 7.53. The summed E-state index contributed by atoms with van der Waals surface area (Å²) in [6, 6.07) is 0. The van der Waals surface area contributed by atoms with Gasteiger partial charge in [-0.05, 0) is 43.4 Å². The van der Waals surface area contributed by atoms with Gasteiger partial charge in [-0.1, -0.05) is 26.2 Å². The first-order chi connectivity index (χ1) is 8.65. The average molecular weight is 270 g/mol. The zero-order valence-electron chi connectivity index (χ0n) is 11.3. The first kappa shape index (κ1) is 12.8. The number of hydrogen-bond acceptors (Lipinski definition) is 1. The van der Waals surface area contributed by atoms with Crippen molar-refractivity contribution in [3.8, 4) is 0 Å².